The Morgan fingerprint density at radius 3 is 2.29 bits per heavy atom. The highest BCUT2D eigenvalue weighted by molar-refractivity contribution is 6.01. The van der Waals surface area contributed by atoms with Gasteiger partial charge in [0, 0.05) is 37.6 Å². The summed E-state index contributed by atoms with van der Waals surface area (Å²) in [5.74, 6) is 0.602. The van der Waals surface area contributed by atoms with Crippen LogP contribution in [0.2, 0.25) is 0 Å². The van der Waals surface area contributed by atoms with Gasteiger partial charge in [-0.1, -0.05) is 57.0 Å². The summed E-state index contributed by atoms with van der Waals surface area (Å²) in [5.41, 5.74) is 5.62. The minimum atomic E-state index is -0.243. The molecule has 0 bridgehead atoms. The Bertz CT molecular complexity index is 1790. The molecule has 1 aliphatic rings. The lowest BCUT2D eigenvalue weighted by Gasteiger charge is -2.29. The number of fused-ring (bicyclic) bond motifs is 1. The topological polar surface area (TPSA) is 106 Å². The van der Waals surface area contributed by atoms with Crippen LogP contribution in [-0.2, 0) is 24.2 Å². The summed E-state index contributed by atoms with van der Waals surface area (Å²) in [4.78, 5) is 44.9. The molecule has 4 aromatic rings. The van der Waals surface area contributed by atoms with Crippen molar-refractivity contribution < 1.29 is 23.9 Å². The summed E-state index contributed by atoms with van der Waals surface area (Å²) in [6, 6.07) is 20.6. The average Bonchev–Trinajstić information content (AvgIpc) is 3.51. The summed E-state index contributed by atoms with van der Waals surface area (Å²) >= 11 is 0. The molecule has 0 fully saturated rings. The molecule has 0 spiro atoms. The Kier molecular flexibility index (Phi) is 11.7. The molecule has 0 saturated heterocycles. The number of amides is 3. The van der Waals surface area contributed by atoms with E-state index in [0.29, 0.717) is 60.3 Å². The molecule has 258 valence electrons. The van der Waals surface area contributed by atoms with Crippen LogP contribution in [0.15, 0.2) is 66.7 Å². The first-order valence-electron chi connectivity index (χ1n) is 17.1. The second kappa shape index (κ2) is 16.3. The maximum Gasteiger partial charge on any atom is 0.274 e. The van der Waals surface area contributed by atoms with Crippen molar-refractivity contribution in [3.05, 3.63) is 100 Å². The van der Waals surface area contributed by atoms with E-state index >= 15 is 0 Å². The molecule has 0 aliphatic carbocycles. The smallest absolute Gasteiger partial charge is 0.274 e. The van der Waals surface area contributed by atoms with Gasteiger partial charge in [-0.25, -0.2) is 4.68 Å². The van der Waals surface area contributed by atoms with Gasteiger partial charge in [-0.2, -0.15) is 5.10 Å². The van der Waals surface area contributed by atoms with Gasteiger partial charge in [-0.3, -0.25) is 14.4 Å². The van der Waals surface area contributed by atoms with E-state index in [9.17, 15) is 14.4 Å². The quantitative estimate of drug-likeness (QED) is 0.162. The van der Waals surface area contributed by atoms with E-state index in [1.54, 1.807) is 55.3 Å². The van der Waals surface area contributed by atoms with E-state index in [1.165, 1.54) is 5.56 Å². The summed E-state index contributed by atoms with van der Waals surface area (Å²) in [6.07, 6.45) is 4.69. The lowest BCUT2D eigenvalue weighted by atomic mass is 9.99. The van der Waals surface area contributed by atoms with Gasteiger partial charge in [-0.15, -0.1) is 0 Å². The fraction of sp³-hybridized carbons (Fsp3) is 0.385. The van der Waals surface area contributed by atoms with Gasteiger partial charge in [-0.05, 0) is 79.3 Å². The predicted molar refractivity (Wildman–Crippen MR) is 191 cm³/mol. The molecule has 49 heavy (non-hydrogen) atoms. The van der Waals surface area contributed by atoms with Crippen LogP contribution in [-0.4, -0.2) is 71.2 Å². The van der Waals surface area contributed by atoms with Crippen molar-refractivity contribution in [2.45, 2.75) is 65.8 Å². The van der Waals surface area contributed by atoms with Gasteiger partial charge >= 0.3 is 0 Å². The zero-order valence-electron chi connectivity index (χ0n) is 29.3. The summed E-state index contributed by atoms with van der Waals surface area (Å²) in [7, 11) is 3.12. The number of anilines is 1. The number of nitrogens with zero attached hydrogens (tertiary/aromatic N) is 4. The number of aryl methyl sites for hydroxylation is 1. The summed E-state index contributed by atoms with van der Waals surface area (Å²) in [6.45, 7) is 8.52. The number of ether oxygens (including phenoxy) is 2. The molecule has 1 aromatic heterocycles. The minimum absolute atomic E-state index is 0.102. The zero-order chi connectivity index (χ0) is 34.9. The first kappa shape index (κ1) is 35.2. The molecule has 0 radical (unpaired) electrons. The molecule has 3 aromatic carbocycles. The van der Waals surface area contributed by atoms with E-state index in [-0.39, 0.29) is 24.1 Å². The second-order valence-electron chi connectivity index (χ2n) is 12.5. The molecule has 0 saturated carbocycles. The fourth-order valence-corrected chi connectivity index (χ4v) is 6.19. The van der Waals surface area contributed by atoms with E-state index in [1.807, 2.05) is 34.9 Å². The van der Waals surface area contributed by atoms with Crippen LogP contribution in [0.3, 0.4) is 0 Å². The Balaban J connectivity index is 1.46. The third-order valence-corrected chi connectivity index (χ3v) is 8.93. The molecule has 5 rings (SSSR count). The number of rotatable bonds is 14. The van der Waals surface area contributed by atoms with Crippen LogP contribution < -0.4 is 14.8 Å². The molecule has 10 heteroatoms. The van der Waals surface area contributed by atoms with E-state index in [2.05, 4.69) is 31.3 Å². The lowest BCUT2D eigenvalue weighted by molar-refractivity contribution is -0.115. The number of benzene rings is 3. The van der Waals surface area contributed by atoms with E-state index in [0.717, 1.165) is 48.9 Å². The van der Waals surface area contributed by atoms with Crippen molar-refractivity contribution in [2.24, 2.45) is 0 Å². The molecule has 1 N–H and O–H groups in total. The largest absolute Gasteiger partial charge is 0.493 e. The number of hydrogen-bond acceptors (Lipinski definition) is 6. The summed E-state index contributed by atoms with van der Waals surface area (Å²) in [5, 5.41) is 7.73. The van der Waals surface area contributed by atoms with E-state index in [4.69, 9.17) is 14.6 Å². The minimum Gasteiger partial charge on any atom is -0.493 e. The molecule has 2 heterocycles. The number of carbonyl (C=O) groups excluding carboxylic acids is 3. The van der Waals surface area contributed by atoms with Crippen molar-refractivity contribution in [2.75, 3.05) is 39.2 Å². The van der Waals surface area contributed by atoms with Crippen molar-refractivity contribution >= 4 is 23.4 Å². The second-order valence-corrected chi connectivity index (χ2v) is 12.5. The SMILES string of the molecule is CCCCN(CCCC)C(=O)c1cc(C)n(-c2ccc(NC(=O)Cc3ccc(OC)c(OC)c3)cc2C(=O)N2CCc3ccccc3C2)n1. The third-order valence-electron chi connectivity index (χ3n) is 8.93. The highest BCUT2D eigenvalue weighted by atomic mass is 16.5. The number of methoxy groups -OCH3 is 2. The highest BCUT2D eigenvalue weighted by Gasteiger charge is 2.27. The normalized spacial score (nSPS) is 12.3. The number of aromatic nitrogens is 2. The number of carbonyl (C=O) groups is 3. The third kappa shape index (κ3) is 8.31. The number of nitrogens with one attached hydrogen (secondary N) is 1. The average molecular weight is 666 g/mol. The molecular formula is C39H47N5O5. The van der Waals surface area contributed by atoms with Gasteiger partial charge in [0.05, 0.1) is 31.9 Å². The summed E-state index contributed by atoms with van der Waals surface area (Å²) < 4.78 is 12.4. The van der Waals surface area contributed by atoms with Crippen molar-refractivity contribution in [3.63, 3.8) is 0 Å². The monoisotopic (exact) mass is 665 g/mol. The molecule has 10 nitrogen and oxygen atoms in total. The van der Waals surface area contributed by atoms with Gasteiger partial charge < -0.3 is 24.6 Å². The number of unbranched alkanes of at least 4 members (excludes halogenated alkanes) is 2. The van der Waals surface area contributed by atoms with Crippen molar-refractivity contribution in [1.82, 2.24) is 19.6 Å². The van der Waals surface area contributed by atoms with Gasteiger partial charge in [0.1, 0.15) is 0 Å². The van der Waals surface area contributed by atoms with Crippen molar-refractivity contribution in [1.29, 1.82) is 0 Å². The Labute approximate surface area is 289 Å². The first-order valence-corrected chi connectivity index (χ1v) is 17.1. The van der Waals surface area contributed by atoms with Gasteiger partial charge in [0.2, 0.25) is 5.91 Å². The van der Waals surface area contributed by atoms with Gasteiger partial charge in [0.15, 0.2) is 17.2 Å². The van der Waals surface area contributed by atoms with E-state index < -0.39 is 0 Å². The maximum absolute atomic E-state index is 14.3. The molecule has 1 aliphatic heterocycles. The van der Waals surface area contributed by atoms with Crippen LogP contribution in [0.5, 0.6) is 11.5 Å². The molecule has 0 unspecified atom stereocenters. The highest BCUT2D eigenvalue weighted by Crippen LogP contribution is 2.29. The first-order chi connectivity index (χ1) is 23.8. The van der Waals surface area contributed by atoms with Crippen molar-refractivity contribution in [3.8, 4) is 17.2 Å². The molecule has 3 amide bonds. The molecular weight excluding hydrogens is 618 g/mol. The van der Waals surface area contributed by atoms with Crippen LogP contribution >= 0.6 is 0 Å². The van der Waals surface area contributed by atoms with Gasteiger partial charge in [0.25, 0.3) is 11.8 Å². The van der Waals surface area contributed by atoms with Crippen LogP contribution in [0.4, 0.5) is 5.69 Å². The Hall–Kier alpha value is -5.12. The number of hydrogen-bond donors (Lipinski definition) is 1. The van der Waals surface area contributed by atoms with Crippen LogP contribution in [0.1, 0.15) is 82.8 Å². The lowest BCUT2D eigenvalue weighted by Crippen LogP contribution is -2.36. The Morgan fingerprint density at radius 1 is 0.878 bits per heavy atom. The fourth-order valence-electron chi connectivity index (χ4n) is 6.19. The maximum atomic E-state index is 14.3. The Morgan fingerprint density at radius 2 is 1.59 bits per heavy atom. The van der Waals surface area contributed by atoms with Crippen LogP contribution in [0, 0.1) is 6.92 Å². The van der Waals surface area contributed by atoms with Crippen LogP contribution in [0.25, 0.3) is 5.69 Å². The molecule has 0 atom stereocenters. The predicted octanol–water partition coefficient (Wildman–Crippen LogP) is 6.62. The zero-order valence-corrected chi connectivity index (χ0v) is 29.3. The standard InChI is InChI=1S/C39H47N5O5/c1-6-8-19-42(20-9-7-2)39(47)33-22-27(3)44(41-33)34-16-15-31(40-37(45)24-28-14-17-35(48-4)36(23-28)49-5)25-32(34)38(46)43-21-18-29-12-10-11-13-30(29)26-43/h10-17,22-23,25H,6-9,18-21,24,26H2,1-5H3,(H,40,45).